The van der Waals surface area contributed by atoms with Crippen LogP contribution in [0.5, 0.6) is 0 Å². The standard InChI is InChI=1S/C12H18O2.C8H14O2.C7H12O3/c1-12(2,3)9-6-4-7-8(5-6)11(13)14-10(7)9;1-8(2,3)6-4-7(9)10-5-6;1-7(2,3)5-4-9-6(8)10-5/h6-10H,4-5H2,1-3H3;6H,4-5H2,1-3H3;5H,4H2,1-3H3. The third-order valence-corrected chi connectivity index (χ3v) is 8.13. The molecule has 3 aliphatic heterocycles. The summed E-state index contributed by atoms with van der Waals surface area (Å²) >= 11 is 0. The summed E-state index contributed by atoms with van der Waals surface area (Å²) in [5, 5.41) is 0. The Hall–Kier alpha value is -1.79. The van der Waals surface area contributed by atoms with Gasteiger partial charge in [0.25, 0.3) is 0 Å². The lowest BCUT2D eigenvalue weighted by atomic mass is 9.69. The van der Waals surface area contributed by atoms with E-state index < -0.39 is 6.16 Å². The van der Waals surface area contributed by atoms with E-state index in [0.717, 1.165) is 12.3 Å². The molecular formula is C27H44O7. The van der Waals surface area contributed by atoms with Crippen molar-refractivity contribution in [3.63, 3.8) is 0 Å². The largest absolute Gasteiger partial charge is 0.508 e. The van der Waals surface area contributed by atoms with Crippen molar-refractivity contribution < 1.29 is 33.3 Å². The maximum Gasteiger partial charge on any atom is 0.508 e. The number of carbonyl (C=O) groups excluding carboxylic acids is 3. The Kier molecular flexibility index (Phi) is 7.37. The number of cyclic esters (lactones) is 3. The van der Waals surface area contributed by atoms with Crippen LogP contribution < -0.4 is 0 Å². The number of hydrogen-bond acceptors (Lipinski definition) is 7. The number of carbonyl (C=O) groups is 3. The Morgan fingerprint density at radius 3 is 1.76 bits per heavy atom. The number of ether oxygens (including phenoxy) is 4. The molecule has 34 heavy (non-hydrogen) atoms. The van der Waals surface area contributed by atoms with Gasteiger partial charge in [0.15, 0.2) is 0 Å². The van der Waals surface area contributed by atoms with Crippen LogP contribution >= 0.6 is 0 Å². The highest BCUT2D eigenvalue weighted by Crippen LogP contribution is 2.61. The van der Waals surface area contributed by atoms with Gasteiger partial charge < -0.3 is 18.9 Å². The molecule has 0 aromatic heterocycles. The molecule has 5 rings (SSSR count). The molecule has 0 radical (unpaired) electrons. The van der Waals surface area contributed by atoms with Crippen molar-refractivity contribution in [3.05, 3.63) is 0 Å². The van der Waals surface area contributed by atoms with E-state index in [9.17, 15) is 14.4 Å². The molecule has 2 saturated carbocycles. The van der Waals surface area contributed by atoms with Gasteiger partial charge in [0.05, 0.1) is 18.9 Å². The van der Waals surface area contributed by atoms with Gasteiger partial charge in [0.2, 0.25) is 0 Å². The summed E-state index contributed by atoms with van der Waals surface area (Å²) in [5.74, 6) is 2.66. The molecule has 7 heteroatoms. The van der Waals surface area contributed by atoms with Crippen LogP contribution in [-0.4, -0.2) is 43.5 Å². The average molecular weight is 481 g/mol. The SMILES string of the molecule is CC(C)(C)C1C2CC3C(=O)OC1C3C2.CC(C)(C)C1COC(=O)C1.CC(C)(C)C1COC(=O)O1. The Balaban J connectivity index is 0.000000147. The molecule has 0 spiro atoms. The van der Waals surface area contributed by atoms with Crippen molar-refractivity contribution in [2.45, 2.75) is 93.8 Å². The highest BCUT2D eigenvalue weighted by Gasteiger charge is 2.63. The van der Waals surface area contributed by atoms with E-state index in [1.54, 1.807) is 0 Å². The summed E-state index contributed by atoms with van der Waals surface area (Å²) in [4.78, 5) is 32.7. The van der Waals surface area contributed by atoms with E-state index in [1.165, 1.54) is 6.42 Å². The zero-order chi connectivity index (χ0) is 25.6. The van der Waals surface area contributed by atoms with Gasteiger partial charge in [-0.3, -0.25) is 9.59 Å². The molecular weight excluding hydrogens is 436 g/mol. The van der Waals surface area contributed by atoms with Crippen molar-refractivity contribution in [1.82, 2.24) is 0 Å². The molecule has 7 atom stereocenters. The predicted octanol–water partition coefficient (Wildman–Crippen LogP) is 5.39. The van der Waals surface area contributed by atoms with Gasteiger partial charge in [-0.2, -0.15) is 0 Å². The first-order valence-electron chi connectivity index (χ1n) is 12.7. The summed E-state index contributed by atoms with van der Waals surface area (Å²) < 4.78 is 19.9. The molecule has 0 aromatic rings. The minimum atomic E-state index is -0.542. The van der Waals surface area contributed by atoms with Crippen molar-refractivity contribution in [2.24, 2.45) is 45.8 Å². The molecule has 5 aliphatic rings. The van der Waals surface area contributed by atoms with Gasteiger partial charge in [-0.05, 0) is 29.6 Å². The fourth-order valence-electron chi connectivity index (χ4n) is 5.98. The maximum atomic E-state index is 11.5. The van der Waals surface area contributed by atoms with Gasteiger partial charge >= 0.3 is 18.1 Å². The second kappa shape index (κ2) is 9.34. The van der Waals surface area contributed by atoms with Crippen molar-refractivity contribution in [3.8, 4) is 0 Å². The van der Waals surface area contributed by atoms with Crippen LogP contribution in [0.1, 0.15) is 81.6 Å². The number of rotatable bonds is 0. The third kappa shape index (κ3) is 5.88. The quantitative estimate of drug-likeness (QED) is 0.339. The summed E-state index contributed by atoms with van der Waals surface area (Å²) in [7, 11) is 0. The number of fused-ring (bicyclic) bond motifs is 1. The predicted molar refractivity (Wildman–Crippen MR) is 127 cm³/mol. The summed E-state index contributed by atoms with van der Waals surface area (Å²) in [6, 6.07) is 0. The summed E-state index contributed by atoms with van der Waals surface area (Å²) in [5.41, 5.74) is 0.498. The zero-order valence-electron chi connectivity index (χ0n) is 22.4. The van der Waals surface area contributed by atoms with Gasteiger partial charge in [-0.15, -0.1) is 0 Å². The fourth-order valence-corrected chi connectivity index (χ4v) is 5.98. The molecule has 7 nitrogen and oxygen atoms in total. The minimum absolute atomic E-state index is 0.00778. The first kappa shape index (κ1) is 26.8. The lowest BCUT2D eigenvalue weighted by Gasteiger charge is -2.36. The molecule has 2 aliphatic carbocycles. The van der Waals surface area contributed by atoms with Gasteiger partial charge in [-0.1, -0.05) is 62.3 Å². The zero-order valence-corrected chi connectivity index (χ0v) is 22.4. The third-order valence-electron chi connectivity index (χ3n) is 8.13. The minimum Gasteiger partial charge on any atom is -0.465 e. The van der Waals surface area contributed by atoms with Gasteiger partial charge in [-0.25, -0.2) is 4.79 Å². The van der Waals surface area contributed by atoms with Crippen molar-refractivity contribution in [1.29, 1.82) is 0 Å². The topological polar surface area (TPSA) is 88.1 Å². The van der Waals surface area contributed by atoms with E-state index in [-0.39, 0.29) is 40.9 Å². The van der Waals surface area contributed by atoms with Crippen LogP contribution in [0.3, 0.4) is 0 Å². The maximum absolute atomic E-state index is 11.5. The Labute approximate surface area is 204 Å². The second-order valence-corrected chi connectivity index (χ2v) is 13.8. The fraction of sp³-hybridized carbons (Fsp3) is 0.889. The van der Waals surface area contributed by atoms with Crippen LogP contribution in [0.4, 0.5) is 4.79 Å². The molecule has 7 unspecified atom stereocenters. The summed E-state index contributed by atoms with van der Waals surface area (Å²) in [6.07, 6.45) is 2.57. The lowest BCUT2D eigenvalue weighted by molar-refractivity contribution is -0.145. The molecule has 3 heterocycles. The highest BCUT2D eigenvalue weighted by molar-refractivity contribution is 5.76. The highest BCUT2D eigenvalue weighted by atomic mass is 16.8. The van der Waals surface area contributed by atoms with E-state index >= 15 is 0 Å². The molecule has 194 valence electrons. The average Bonchev–Trinajstić information content (AvgIpc) is 3.44. The van der Waals surface area contributed by atoms with Crippen molar-refractivity contribution >= 4 is 18.1 Å². The smallest absolute Gasteiger partial charge is 0.465 e. The van der Waals surface area contributed by atoms with Crippen LogP contribution in [0.2, 0.25) is 0 Å². The number of hydrogen-bond donors (Lipinski definition) is 0. The Bertz CT molecular complexity index is 746. The molecule has 3 saturated heterocycles. The monoisotopic (exact) mass is 480 g/mol. The van der Waals surface area contributed by atoms with Crippen LogP contribution in [0.25, 0.3) is 0 Å². The van der Waals surface area contributed by atoms with E-state index in [2.05, 4.69) is 46.3 Å². The Morgan fingerprint density at radius 1 is 0.735 bits per heavy atom. The second-order valence-electron chi connectivity index (χ2n) is 13.8. The van der Waals surface area contributed by atoms with Crippen LogP contribution in [0, 0.1) is 45.8 Å². The van der Waals surface area contributed by atoms with Crippen LogP contribution in [-0.2, 0) is 28.5 Å². The van der Waals surface area contributed by atoms with E-state index in [4.69, 9.17) is 14.2 Å². The van der Waals surface area contributed by atoms with Crippen LogP contribution in [0.15, 0.2) is 0 Å². The van der Waals surface area contributed by atoms with Gasteiger partial charge in [0, 0.05) is 23.2 Å². The molecule has 0 amide bonds. The normalized spacial score (nSPS) is 36.0. The summed E-state index contributed by atoms with van der Waals surface area (Å²) in [6.45, 7) is 20.3. The Morgan fingerprint density at radius 2 is 1.38 bits per heavy atom. The molecule has 0 N–H and O–H groups in total. The first-order valence-corrected chi connectivity index (χ1v) is 12.7. The van der Waals surface area contributed by atoms with E-state index in [1.807, 2.05) is 20.8 Å². The van der Waals surface area contributed by atoms with E-state index in [0.29, 0.717) is 42.8 Å². The lowest BCUT2D eigenvalue weighted by Crippen LogP contribution is -2.36. The molecule has 2 bridgehead atoms. The molecule has 0 aromatic carbocycles. The first-order chi connectivity index (χ1) is 15.5. The number of esters is 2. The van der Waals surface area contributed by atoms with Gasteiger partial charge in [0.1, 0.15) is 18.8 Å². The molecule has 5 fully saturated rings. The van der Waals surface area contributed by atoms with Crippen molar-refractivity contribution in [2.75, 3.05) is 13.2 Å².